The van der Waals surface area contributed by atoms with Crippen molar-refractivity contribution in [3.05, 3.63) is 35.9 Å². The molecule has 2 amide bonds. The molecular weight excluding hydrogens is 282 g/mol. The van der Waals surface area contributed by atoms with Gasteiger partial charge in [-0.1, -0.05) is 30.3 Å². The summed E-state index contributed by atoms with van der Waals surface area (Å²) in [6, 6.07) is 9.57. The molecule has 1 fully saturated rings. The SMILES string of the molecule is CC(C)(C)OC(=O)N1CC(Cc2ccccc2)C(=O)CC1=O. The van der Waals surface area contributed by atoms with Crippen molar-refractivity contribution in [3.63, 3.8) is 0 Å². The third-order valence-corrected chi connectivity index (χ3v) is 3.42. The maximum absolute atomic E-state index is 12.1. The molecule has 1 aliphatic rings. The Bertz CT molecular complexity index is 574. The molecule has 2 rings (SSSR count). The first-order valence-corrected chi connectivity index (χ1v) is 7.36. The van der Waals surface area contributed by atoms with Gasteiger partial charge in [-0.05, 0) is 32.8 Å². The van der Waals surface area contributed by atoms with Crippen LogP contribution in [0.3, 0.4) is 0 Å². The summed E-state index contributed by atoms with van der Waals surface area (Å²) in [5.74, 6) is -0.968. The minimum Gasteiger partial charge on any atom is -0.443 e. The summed E-state index contributed by atoms with van der Waals surface area (Å²) in [5.41, 5.74) is 0.340. The number of carbonyl (C=O) groups is 3. The third kappa shape index (κ3) is 4.16. The van der Waals surface area contributed by atoms with Crippen molar-refractivity contribution >= 4 is 17.8 Å². The average molecular weight is 303 g/mol. The van der Waals surface area contributed by atoms with Crippen molar-refractivity contribution in [1.29, 1.82) is 0 Å². The Kier molecular flexibility index (Phi) is 4.64. The van der Waals surface area contributed by atoms with Crippen LogP contribution in [0.4, 0.5) is 4.79 Å². The average Bonchev–Trinajstić information content (AvgIpc) is 2.41. The van der Waals surface area contributed by atoms with Gasteiger partial charge in [-0.15, -0.1) is 0 Å². The van der Waals surface area contributed by atoms with E-state index in [0.717, 1.165) is 10.5 Å². The van der Waals surface area contributed by atoms with Gasteiger partial charge in [0.1, 0.15) is 11.4 Å². The Morgan fingerprint density at radius 1 is 1.23 bits per heavy atom. The number of benzene rings is 1. The monoisotopic (exact) mass is 303 g/mol. The van der Waals surface area contributed by atoms with E-state index in [2.05, 4.69) is 0 Å². The highest BCUT2D eigenvalue weighted by molar-refractivity contribution is 6.06. The number of amides is 2. The fraction of sp³-hybridized carbons (Fsp3) is 0.471. The molecule has 5 nitrogen and oxygen atoms in total. The molecule has 1 heterocycles. The van der Waals surface area contributed by atoms with Crippen molar-refractivity contribution < 1.29 is 19.1 Å². The van der Waals surface area contributed by atoms with Crippen molar-refractivity contribution in [3.8, 4) is 0 Å². The van der Waals surface area contributed by atoms with Gasteiger partial charge in [0, 0.05) is 12.5 Å². The maximum Gasteiger partial charge on any atom is 0.417 e. The standard InChI is InChI=1S/C17H21NO4/c1-17(2,3)22-16(21)18-11-13(14(19)10-15(18)20)9-12-7-5-4-6-8-12/h4-8,13H,9-11H2,1-3H3. The van der Waals surface area contributed by atoms with Crippen molar-refractivity contribution in [1.82, 2.24) is 4.90 Å². The van der Waals surface area contributed by atoms with Crippen LogP contribution in [0.15, 0.2) is 30.3 Å². The van der Waals surface area contributed by atoms with Gasteiger partial charge in [0.05, 0.1) is 6.42 Å². The molecule has 0 bridgehead atoms. The highest BCUT2D eigenvalue weighted by Crippen LogP contribution is 2.21. The summed E-state index contributed by atoms with van der Waals surface area (Å²) in [6.45, 7) is 5.31. The summed E-state index contributed by atoms with van der Waals surface area (Å²) in [6.07, 6.45) is -0.397. The number of imide groups is 1. The molecule has 0 saturated carbocycles. The van der Waals surface area contributed by atoms with Gasteiger partial charge in [-0.2, -0.15) is 0 Å². The van der Waals surface area contributed by atoms with Crippen LogP contribution in [0, 0.1) is 5.92 Å². The Morgan fingerprint density at radius 3 is 2.45 bits per heavy atom. The van der Waals surface area contributed by atoms with Gasteiger partial charge in [0.25, 0.3) is 0 Å². The highest BCUT2D eigenvalue weighted by atomic mass is 16.6. The first kappa shape index (κ1) is 16.2. The van der Waals surface area contributed by atoms with E-state index >= 15 is 0 Å². The van der Waals surface area contributed by atoms with Crippen LogP contribution in [0.2, 0.25) is 0 Å². The molecule has 0 aromatic heterocycles. The zero-order chi connectivity index (χ0) is 16.3. The number of Topliss-reactive ketones (excluding diaryl/α,β-unsaturated/α-hetero) is 1. The van der Waals surface area contributed by atoms with E-state index < -0.39 is 17.6 Å². The number of nitrogens with zero attached hydrogens (tertiary/aromatic N) is 1. The number of carbonyl (C=O) groups excluding carboxylic acids is 3. The Hall–Kier alpha value is -2.17. The second-order valence-corrected chi connectivity index (χ2v) is 6.51. The topological polar surface area (TPSA) is 63.7 Å². The van der Waals surface area contributed by atoms with Crippen LogP contribution in [-0.4, -0.2) is 34.8 Å². The van der Waals surface area contributed by atoms with E-state index in [4.69, 9.17) is 4.74 Å². The number of hydrogen-bond donors (Lipinski definition) is 0. The molecule has 118 valence electrons. The van der Waals surface area contributed by atoms with Gasteiger partial charge in [0.15, 0.2) is 0 Å². The highest BCUT2D eigenvalue weighted by Gasteiger charge is 2.37. The van der Waals surface area contributed by atoms with E-state index in [0.29, 0.717) is 6.42 Å². The largest absolute Gasteiger partial charge is 0.443 e. The molecule has 0 N–H and O–H groups in total. The summed E-state index contributed by atoms with van der Waals surface area (Å²) in [7, 11) is 0. The molecule has 1 unspecified atom stereocenters. The van der Waals surface area contributed by atoms with Crippen molar-refractivity contribution in [2.24, 2.45) is 5.92 Å². The molecule has 5 heteroatoms. The van der Waals surface area contributed by atoms with Crippen LogP contribution in [0.5, 0.6) is 0 Å². The smallest absolute Gasteiger partial charge is 0.417 e. The molecule has 22 heavy (non-hydrogen) atoms. The Balaban J connectivity index is 2.08. The second kappa shape index (κ2) is 6.30. The lowest BCUT2D eigenvalue weighted by atomic mass is 9.90. The van der Waals surface area contributed by atoms with E-state index in [1.165, 1.54) is 0 Å². The molecule has 1 aromatic carbocycles. The van der Waals surface area contributed by atoms with Gasteiger partial charge in [-0.3, -0.25) is 9.59 Å². The summed E-state index contributed by atoms with van der Waals surface area (Å²) >= 11 is 0. The maximum atomic E-state index is 12.1. The first-order chi connectivity index (χ1) is 10.3. The molecule has 1 saturated heterocycles. The van der Waals surface area contributed by atoms with Crippen molar-refractivity contribution in [2.75, 3.05) is 6.54 Å². The predicted molar refractivity (Wildman–Crippen MR) is 81.2 cm³/mol. The Morgan fingerprint density at radius 2 is 1.86 bits per heavy atom. The number of piperidine rings is 1. The summed E-state index contributed by atoms with van der Waals surface area (Å²) < 4.78 is 5.24. The van der Waals surface area contributed by atoms with Crippen LogP contribution in [0.1, 0.15) is 32.8 Å². The number of ether oxygens (including phenoxy) is 1. The van der Waals surface area contributed by atoms with Crippen LogP contribution in [0.25, 0.3) is 0 Å². The zero-order valence-electron chi connectivity index (χ0n) is 13.2. The fourth-order valence-electron chi connectivity index (χ4n) is 2.38. The summed E-state index contributed by atoms with van der Waals surface area (Å²) in [4.78, 5) is 37.2. The lowest BCUT2D eigenvalue weighted by Gasteiger charge is -2.32. The molecule has 0 aliphatic carbocycles. The number of hydrogen-bond acceptors (Lipinski definition) is 4. The third-order valence-electron chi connectivity index (χ3n) is 3.42. The van der Waals surface area contributed by atoms with Crippen LogP contribution >= 0.6 is 0 Å². The van der Waals surface area contributed by atoms with E-state index in [-0.39, 0.29) is 24.7 Å². The number of ketones is 1. The predicted octanol–water partition coefficient (Wildman–Crippen LogP) is 2.58. The molecular formula is C17H21NO4. The molecule has 1 atom stereocenters. The van der Waals surface area contributed by atoms with Gasteiger partial charge in [-0.25, -0.2) is 9.69 Å². The van der Waals surface area contributed by atoms with Gasteiger partial charge < -0.3 is 4.74 Å². The lowest BCUT2D eigenvalue weighted by Crippen LogP contribution is -2.50. The Labute approximate surface area is 130 Å². The normalized spacial score (nSPS) is 19.2. The van der Waals surface area contributed by atoms with E-state index in [9.17, 15) is 14.4 Å². The quantitative estimate of drug-likeness (QED) is 0.788. The van der Waals surface area contributed by atoms with Gasteiger partial charge in [0.2, 0.25) is 5.91 Å². The van der Waals surface area contributed by atoms with Gasteiger partial charge >= 0.3 is 6.09 Å². The minimum absolute atomic E-state index is 0.0848. The number of likely N-dealkylation sites (tertiary alicyclic amines) is 1. The first-order valence-electron chi connectivity index (χ1n) is 7.36. The van der Waals surface area contributed by atoms with Crippen LogP contribution in [-0.2, 0) is 20.7 Å². The molecule has 1 aromatic rings. The molecule has 1 aliphatic heterocycles. The fourth-order valence-corrected chi connectivity index (χ4v) is 2.38. The molecule has 0 spiro atoms. The van der Waals surface area contributed by atoms with Crippen LogP contribution < -0.4 is 0 Å². The second-order valence-electron chi connectivity index (χ2n) is 6.51. The number of rotatable bonds is 2. The van der Waals surface area contributed by atoms with E-state index in [1.54, 1.807) is 20.8 Å². The zero-order valence-corrected chi connectivity index (χ0v) is 13.2. The molecule has 0 radical (unpaired) electrons. The minimum atomic E-state index is -0.678. The lowest BCUT2D eigenvalue weighted by molar-refractivity contribution is -0.141. The summed E-state index contributed by atoms with van der Waals surface area (Å²) in [5, 5.41) is 0. The van der Waals surface area contributed by atoms with E-state index in [1.807, 2.05) is 30.3 Å². The van der Waals surface area contributed by atoms with Crippen molar-refractivity contribution in [2.45, 2.75) is 39.2 Å².